The first-order chi connectivity index (χ1) is 13.6. The Morgan fingerprint density at radius 2 is 1.89 bits per heavy atom. The van der Waals surface area contributed by atoms with E-state index in [1.54, 1.807) is 0 Å². The van der Waals surface area contributed by atoms with Gasteiger partial charge in [0.25, 0.3) is 5.91 Å². The molecule has 0 aromatic heterocycles. The Morgan fingerprint density at radius 1 is 1.14 bits per heavy atom. The molecule has 1 atom stereocenters. The highest BCUT2D eigenvalue weighted by atomic mass is 19.1. The number of hydrogen-bond acceptors (Lipinski definition) is 2. The summed E-state index contributed by atoms with van der Waals surface area (Å²) in [5.41, 5.74) is 2.11. The predicted octanol–water partition coefficient (Wildman–Crippen LogP) is 4.07. The van der Waals surface area contributed by atoms with Gasteiger partial charge in [-0.15, -0.1) is 0 Å². The molecule has 1 aromatic carbocycles. The first kappa shape index (κ1) is 19.2. The number of nitrogens with one attached hydrogen (secondary N) is 1. The van der Waals surface area contributed by atoms with Crippen molar-refractivity contribution in [3.8, 4) is 0 Å². The van der Waals surface area contributed by atoms with E-state index in [0.29, 0.717) is 18.7 Å². The van der Waals surface area contributed by atoms with Gasteiger partial charge in [0.2, 0.25) is 5.91 Å². The van der Waals surface area contributed by atoms with E-state index in [9.17, 15) is 14.0 Å². The molecule has 1 heterocycles. The van der Waals surface area contributed by atoms with Gasteiger partial charge in [-0.1, -0.05) is 11.6 Å². The standard InChI is InChI=1S/C23H29FN2O2/c24-19-8-6-18(7-9-19)22(28)26-14-11-23(12-15-26)16-20(23)21(27)25-13-10-17-4-2-1-3-5-17/h4,6-9,20H,1-3,5,10-16H2,(H,25,27)/t20-/m0/s1. The van der Waals surface area contributed by atoms with Crippen molar-refractivity contribution in [1.82, 2.24) is 10.2 Å². The summed E-state index contributed by atoms with van der Waals surface area (Å²) in [5.74, 6) is -0.0800. The highest BCUT2D eigenvalue weighted by molar-refractivity contribution is 5.94. The van der Waals surface area contributed by atoms with E-state index in [2.05, 4.69) is 11.4 Å². The number of benzene rings is 1. The summed E-state index contributed by atoms with van der Waals surface area (Å²) in [6.07, 6.45) is 10.9. The number of allylic oxidation sites excluding steroid dienone is 1. The highest BCUT2D eigenvalue weighted by Crippen LogP contribution is 2.59. The van der Waals surface area contributed by atoms with Crippen LogP contribution in [0.15, 0.2) is 35.9 Å². The zero-order chi connectivity index (χ0) is 19.6. The molecule has 150 valence electrons. The number of piperidine rings is 1. The number of carbonyl (C=O) groups is 2. The average Bonchev–Trinajstić information content (AvgIpc) is 3.43. The maximum Gasteiger partial charge on any atom is 0.253 e. The van der Waals surface area contributed by atoms with E-state index < -0.39 is 0 Å². The molecular weight excluding hydrogens is 355 g/mol. The lowest BCUT2D eigenvalue weighted by molar-refractivity contribution is -0.123. The van der Waals surface area contributed by atoms with Crippen LogP contribution in [0.3, 0.4) is 0 Å². The topological polar surface area (TPSA) is 49.4 Å². The van der Waals surface area contributed by atoms with Gasteiger partial charge in [-0.3, -0.25) is 9.59 Å². The molecular formula is C23H29FN2O2. The molecule has 1 saturated heterocycles. The number of amides is 2. The summed E-state index contributed by atoms with van der Waals surface area (Å²) in [7, 11) is 0. The Labute approximate surface area is 166 Å². The molecule has 1 N–H and O–H groups in total. The number of likely N-dealkylation sites (tertiary alicyclic amines) is 1. The molecule has 3 aliphatic rings. The van der Waals surface area contributed by atoms with Crippen molar-refractivity contribution in [3.63, 3.8) is 0 Å². The third-order valence-electron chi connectivity index (χ3n) is 6.77. The number of halogens is 1. The molecule has 0 bridgehead atoms. The molecule has 2 aliphatic carbocycles. The lowest BCUT2D eigenvalue weighted by Gasteiger charge is -2.33. The smallest absolute Gasteiger partial charge is 0.253 e. The third kappa shape index (κ3) is 4.13. The van der Waals surface area contributed by atoms with Gasteiger partial charge in [-0.25, -0.2) is 4.39 Å². The summed E-state index contributed by atoms with van der Waals surface area (Å²) in [4.78, 5) is 26.9. The molecule has 2 fully saturated rings. The number of carbonyl (C=O) groups excluding carboxylic acids is 2. The molecule has 0 unspecified atom stereocenters. The van der Waals surface area contributed by atoms with Crippen LogP contribution in [0.1, 0.15) is 61.7 Å². The van der Waals surface area contributed by atoms with Crippen molar-refractivity contribution in [2.75, 3.05) is 19.6 Å². The van der Waals surface area contributed by atoms with E-state index in [1.807, 2.05) is 4.90 Å². The first-order valence-corrected chi connectivity index (χ1v) is 10.6. The summed E-state index contributed by atoms with van der Waals surface area (Å²) < 4.78 is 13.0. The van der Waals surface area contributed by atoms with Gasteiger partial charge in [-0.2, -0.15) is 0 Å². The summed E-state index contributed by atoms with van der Waals surface area (Å²) in [6, 6.07) is 5.72. The molecule has 1 aromatic rings. The van der Waals surface area contributed by atoms with Gasteiger partial charge in [-0.05, 0) is 81.0 Å². The molecule has 4 rings (SSSR count). The van der Waals surface area contributed by atoms with Crippen molar-refractivity contribution < 1.29 is 14.0 Å². The number of rotatable bonds is 5. The van der Waals surface area contributed by atoms with Crippen molar-refractivity contribution in [1.29, 1.82) is 0 Å². The average molecular weight is 384 g/mol. The monoisotopic (exact) mass is 384 g/mol. The van der Waals surface area contributed by atoms with Crippen LogP contribution in [-0.2, 0) is 4.79 Å². The van der Waals surface area contributed by atoms with Crippen molar-refractivity contribution in [3.05, 3.63) is 47.3 Å². The molecule has 5 heteroatoms. The molecule has 4 nitrogen and oxygen atoms in total. The van der Waals surface area contributed by atoms with Gasteiger partial charge in [0.1, 0.15) is 5.82 Å². The van der Waals surface area contributed by atoms with Crippen LogP contribution in [0, 0.1) is 17.2 Å². The molecule has 1 spiro atoms. The highest BCUT2D eigenvalue weighted by Gasteiger charge is 2.58. The summed E-state index contributed by atoms with van der Waals surface area (Å²) in [6.45, 7) is 2.09. The van der Waals surface area contributed by atoms with E-state index in [0.717, 1.165) is 32.2 Å². The van der Waals surface area contributed by atoms with Gasteiger partial charge >= 0.3 is 0 Å². The number of nitrogens with zero attached hydrogens (tertiary/aromatic N) is 1. The normalized spacial score (nSPS) is 23.2. The van der Waals surface area contributed by atoms with Gasteiger partial charge in [0.15, 0.2) is 0 Å². The van der Waals surface area contributed by atoms with E-state index in [-0.39, 0.29) is 29.0 Å². The van der Waals surface area contributed by atoms with Gasteiger partial charge in [0.05, 0.1) is 0 Å². The van der Waals surface area contributed by atoms with Crippen LogP contribution in [0.4, 0.5) is 4.39 Å². The lowest BCUT2D eigenvalue weighted by Crippen LogP contribution is -2.40. The van der Waals surface area contributed by atoms with Gasteiger partial charge in [0, 0.05) is 31.1 Å². The molecule has 28 heavy (non-hydrogen) atoms. The maximum absolute atomic E-state index is 13.0. The minimum Gasteiger partial charge on any atom is -0.356 e. The minimum absolute atomic E-state index is 0.0442. The minimum atomic E-state index is -0.333. The van der Waals surface area contributed by atoms with Crippen molar-refractivity contribution in [2.24, 2.45) is 11.3 Å². The second-order valence-corrected chi connectivity index (χ2v) is 8.57. The van der Waals surface area contributed by atoms with Crippen LogP contribution in [0.2, 0.25) is 0 Å². The van der Waals surface area contributed by atoms with Crippen LogP contribution in [0.5, 0.6) is 0 Å². The lowest BCUT2D eigenvalue weighted by atomic mass is 9.90. The first-order valence-electron chi connectivity index (χ1n) is 10.6. The fraction of sp³-hybridized carbons (Fsp3) is 0.565. The second kappa shape index (κ2) is 8.06. The fourth-order valence-corrected chi connectivity index (χ4v) is 4.80. The Morgan fingerprint density at radius 3 is 2.57 bits per heavy atom. The van der Waals surface area contributed by atoms with E-state index in [1.165, 1.54) is 55.5 Å². The third-order valence-corrected chi connectivity index (χ3v) is 6.77. The fourth-order valence-electron chi connectivity index (χ4n) is 4.80. The second-order valence-electron chi connectivity index (χ2n) is 8.57. The van der Waals surface area contributed by atoms with Crippen molar-refractivity contribution in [2.45, 2.75) is 51.4 Å². The van der Waals surface area contributed by atoms with Crippen LogP contribution in [0.25, 0.3) is 0 Å². The molecule has 2 amide bonds. The predicted molar refractivity (Wildman–Crippen MR) is 106 cm³/mol. The quantitative estimate of drug-likeness (QED) is 0.778. The Kier molecular flexibility index (Phi) is 5.51. The molecule has 1 aliphatic heterocycles. The Hall–Kier alpha value is -2.17. The zero-order valence-electron chi connectivity index (χ0n) is 16.4. The summed E-state index contributed by atoms with van der Waals surface area (Å²) >= 11 is 0. The van der Waals surface area contributed by atoms with Crippen LogP contribution in [-0.4, -0.2) is 36.3 Å². The van der Waals surface area contributed by atoms with Crippen LogP contribution < -0.4 is 5.32 Å². The van der Waals surface area contributed by atoms with Crippen LogP contribution >= 0.6 is 0 Å². The largest absolute Gasteiger partial charge is 0.356 e. The number of hydrogen-bond donors (Lipinski definition) is 1. The Balaban J connectivity index is 1.22. The van der Waals surface area contributed by atoms with Crippen molar-refractivity contribution >= 4 is 11.8 Å². The SMILES string of the molecule is O=C(NCCC1=CCCCC1)[C@@H]1CC12CCN(C(=O)c1ccc(F)cc1)CC2. The van der Waals surface area contributed by atoms with E-state index >= 15 is 0 Å². The molecule has 1 saturated carbocycles. The Bertz CT molecular complexity index is 763. The van der Waals surface area contributed by atoms with E-state index in [4.69, 9.17) is 0 Å². The maximum atomic E-state index is 13.0. The van der Waals surface area contributed by atoms with Gasteiger partial charge < -0.3 is 10.2 Å². The summed E-state index contributed by atoms with van der Waals surface area (Å²) in [5, 5.41) is 3.13. The molecule has 0 radical (unpaired) electrons. The zero-order valence-corrected chi connectivity index (χ0v) is 16.4.